The van der Waals surface area contributed by atoms with Crippen LogP contribution in [-0.2, 0) is 9.59 Å². The molecule has 0 aliphatic heterocycles. The maximum atomic E-state index is 10.5. The minimum Gasteiger partial charge on any atom is -0.300 e. The van der Waals surface area contributed by atoms with Crippen LogP contribution in [-0.4, -0.2) is 16.9 Å². The highest BCUT2D eigenvalue weighted by atomic mass is 79.9. The van der Waals surface area contributed by atoms with E-state index in [4.69, 9.17) is 0 Å². The molecule has 0 aromatic carbocycles. The molecule has 0 amide bonds. The van der Waals surface area contributed by atoms with Gasteiger partial charge >= 0.3 is 0 Å². The summed E-state index contributed by atoms with van der Waals surface area (Å²) in [4.78, 5) is 20.7. The first-order chi connectivity index (χ1) is 6.15. The van der Waals surface area contributed by atoms with Crippen LogP contribution in [0.2, 0.25) is 0 Å². The zero-order valence-electron chi connectivity index (χ0n) is 7.88. The number of hydrogen-bond acceptors (Lipinski definition) is 2. The van der Waals surface area contributed by atoms with E-state index >= 15 is 0 Å². The van der Waals surface area contributed by atoms with Crippen molar-refractivity contribution in [2.24, 2.45) is 11.8 Å². The van der Waals surface area contributed by atoms with E-state index in [0.717, 1.165) is 25.7 Å². The van der Waals surface area contributed by atoms with Crippen LogP contribution in [0.25, 0.3) is 0 Å². The molecule has 0 radical (unpaired) electrons. The Hall–Kier alpha value is -0.180. The Balaban J connectivity index is 0.000000132. The monoisotopic (exact) mass is 246 g/mol. The summed E-state index contributed by atoms with van der Waals surface area (Å²) in [6.07, 6.45) is 4.56. The molecule has 0 saturated heterocycles. The number of hydrogen-bond donors (Lipinski definition) is 0. The maximum Gasteiger partial charge on any atom is 0.146 e. The van der Waals surface area contributed by atoms with Gasteiger partial charge in [0, 0.05) is 11.8 Å². The number of alkyl halides is 1. The number of ketones is 2. The van der Waals surface area contributed by atoms with E-state index in [9.17, 15) is 9.59 Å². The fraction of sp³-hybridized carbons (Fsp3) is 0.800. The molecule has 2 nitrogen and oxygen atoms in total. The van der Waals surface area contributed by atoms with Crippen LogP contribution in [0.4, 0.5) is 0 Å². The molecule has 0 heterocycles. The van der Waals surface area contributed by atoms with Gasteiger partial charge in [-0.1, -0.05) is 15.9 Å². The topological polar surface area (TPSA) is 34.1 Å². The third-order valence-electron chi connectivity index (χ3n) is 2.32. The highest BCUT2D eigenvalue weighted by Crippen LogP contribution is 2.30. The molecule has 13 heavy (non-hydrogen) atoms. The standard InChI is InChI=1S/C5H7BrO.C5H8O/c6-3-5(7)4-1-2-4;1-4(6)5-2-3-5/h4H,1-3H2;5H,2-3H2,1H3. The Morgan fingerprint density at radius 1 is 1.15 bits per heavy atom. The Bertz CT molecular complexity index is 205. The lowest BCUT2D eigenvalue weighted by Crippen LogP contribution is -1.99. The van der Waals surface area contributed by atoms with E-state index in [1.54, 1.807) is 6.92 Å². The highest BCUT2D eigenvalue weighted by molar-refractivity contribution is 9.09. The summed E-state index contributed by atoms with van der Waals surface area (Å²) in [6.45, 7) is 1.66. The summed E-state index contributed by atoms with van der Waals surface area (Å²) in [7, 11) is 0. The van der Waals surface area contributed by atoms with Gasteiger partial charge in [-0.2, -0.15) is 0 Å². The average Bonchev–Trinajstić information content (AvgIpc) is 2.88. The van der Waals surface area contributed by atoms with Crippen molar-refractivity contribution >= 4 is 27.5 Å². The molecule has 2 fully saturated rings. The fourth-order valence-electron chi connectivity index (χ4n) is 1.00. The number of carbonyl (C=O) groups is 2. The second-order valence-electron chi connectivity index (χ2n) is 3.76. The highest BCUT2D eigenvalue weighted by Gasteiger charge is 2.27. The summed E-state index contributed by atoms with van der Waals surface area (Å²) >= 11 is 3.11. The van der Waals surface area contributed by atoms with Crippen molar-refractivity contribution in [3.63, 3.8) is 0 Å². The molecule has 2 saturated carbocycles. The summed E-state index contributed by atoms with van der Waals surface area (Å²) in [5.74, 6) is 1.64. The Kier molecular flexibility index (Phi) is 4.10. The predicted octanol–water partition coefficient (Wildman–Crippen LogP) is 2.35. The molecule has 3 heteroatoms. The molecule has 2 rings (SSSR count). The van der Waals surface area contributed by atoms with Crippen LogP contribution in [0, 0.1) is 11.8 Å². The zero-order valence-corrected chi connectivity index (χ0v) is 9.47. The van der Waals surface area contributed by atoms with Crippen LogP contribution in [0.15, 0.2) is 0 Å². The maximum absolute atomic E-state index is 10.5. The lowest BCUT2D eigenvalue weighted by atomic mass is 10.3. The third kappa shape index (κ3) is 4.55. The van der Waals surface area contributed by atoms with Gasteiger partial charge in [0.1, 0.15) is 11.6 Å². The second-order valence-corrected chi connectivity index (χ2v) is 4.32. The largest absolute Gasteiger partial charge is 0.300 e. The molecular weight excluding hydrogens is 232 g/mol. The van der Waals surface area contributed by atoms with Crippen molar-refractivity contribution in [3.05, 3.63) is 0 Å². The summed E-state index contributed by atoms with van der Waals surface area (Å²) in [5.41, 5.74) is 0. The summed E-state index contributed by atoms with van der Waals surface area (Å²) < 4.78 is 0. The minimum absolute atomic E-state index is 0.370. The van der Waals surface area contributed by atoms with Crippen molar-refractivity contribution in [1.29, 1.82) is 0 Å². The van der Waals surface area contributed by atoms with E-state index in [0.29, 0.717) is 28.7 Å². The van der Waals surface area contributed by atoms with Crippen LogP contribution in [0.5, 0.6) is 0 Å². The van der Waals surface area contributed by atoms with Gasteiger partial charge in [0.05, 0.1) is 5.33 Å². The van der Waals surface area contributed by atoms with Crippen LogP contribution < -0.4 is 0 Å². The van der Waals surface area contributed by atoms with Gasteiger partial charge in [-0.15, -0.1) is 0 Å². The Morgan fingerprint density at radius 2 is 1.62 bits per heavy atom. The number of halogens is 1. The van der Waals surface area contributed by atoms with Gasteiger partial charge in [0.25, 0.3) is 0 Å². The fourth-order valence-corrected chi connectivity index (χ4v) is 1.46. The van der Waals surface area contributed by atoms with E-state index in [2.05, 4.69) is 15.9 Å². The second kappa shape index (κ2) is 4.89. The minimum atomic E-state index is 0.370. The molecule has 0 N–H and O–H groups in total. The predicted molar refractivity (Wildman–Crippen MR) is 54.9 cm³/mol. The van der Waals surface area contributed by atoms with Gasteiger partial charge in [0.2, 0.25) is 0 Å². The molecule has 2 aliphatic rings. The smallest absolute Gasteiger partial charge is 0.146 e. The SMILES string of the molecule is CC(=O)C1CC1.O=C(CBr)C1CC1. The number of rotatable bonds is 3. The molecule has 0 atom stereocenters. The van der Waals surface area contributed by atoms with Crippen molar-refractivity contribution in [1.82, 2.24) is 0 Å². The average molecular weight is 247 g/mol. The molecule has 2 aliphatic carbocycles. The van der Waals surface area contributed by atoms with E-state index in [1.807, 2.05) is 0 Å². The molecule has 0 aromatic heterocycles. The number of carbonyl (C=O) groups excluding carboxylic acids is 2. The van der Waals surface area contributed by atoms with Crippen molar-refractivity contribution < 1.29 is 9.59 Å². The molecular formula is C10H15BrO2. The zero-order chi connectivity index (χ0) is 9.84. The van der Waals surface area contributed by atoms with Crippen molar-refractivity contribution in [3.8, 4) is 0 Å². The van der Waals surface area contributed by atoms with Gasteiger partial charge < -0.3 is 0 Å². The first kappa shape index (κ1) is 10.9. The first-order valence-electron chi connectivity index (χ1n) is 4.74. The van der Waals surface area contributed by atoms with Crippen LogP contribution in [0.3, 0.4) is 0 Å². The van der Waals surface area contributed by atoms with E-state index < -0.39 is 0 Å². The van der Waals surface area contributed by atoms with E-state index in [1.165, 1.54) is 0 Å². The van der Waals surface area contributed by atoms with E-state index in [-0.39, 0.29) is 0 Å². The van der Waals surface area contributed by atoms with Gasteiger partial charge in [0.15, 0.2) is 0 Å². The van der Waals surface area contributed by atoms with Gasteiger partial charge in [-0.25, -0.2) is 0 Å². The molecule has 0 aromatic rings. The van der Waals surface area contributed by atoms with Gasteiger partial charge in [-0.05, 0) is 32.6 Å². The first-order valence-corrected chi connectivity index (χ1v) is 5.86. The third-order valence-corrected chi connectivity index (χ3v) is 2.87. The quantitative estimate of drug-likeness (QED) is 0.717. The summed E-state index contributed by atoms with van der Waals surface area (Å²) in [6, 6.07) is 0. The Morgan fingerprint density at radius 3 is 1.69 bits per heavy atom. The van der Waals surface area contributed by atoms with Crippen LogP contribution >= 0.6 is 15.9 Å². The van der Waals surface area contributed by atoms with Crippen molar-refractivity contribution in [2.45, 2.75) is 32.6 Å². The summed E-state index contributed by atoms with van der Waals surface area (Å²) in [5, 5.41) is 0.553. The normalized spacial score (nSPS) is 20.2. The Labute approximate surface area is 87.2 Å². The molecule has 0 bridgehead atoms. The lowest BCUT2D eigenvalue weighted by molar-refractivity contribution is -0.118. The van der Waals surface area contributed by atoms with Crippen LogP contribution in [0.1, 0.15) is 32.6 Å². The number of Topliss-reactive ketones (excluding diaryl/α,β-unsaturated/α-hetero) is 2. The molecule has 74 valence electrons. The molecule has 0 unspecified atom stereocenters. The van der Waals surface area contributed by atoms with Crippen molar-refractivity contribution in [2.75, 3.05) is 5.33 Å². The lowest BCUT2D eigenvalue weighted by Gasteiger charge is -1.83. The molecule has 0 spiro atoms. The van der Waals surface area contributed by atoms with Gasteiger partial charge in [-0.3, -0.25) is 9.59 Å².